The molecule has 0 saturated heterocycles. The number of hydrogen-bond acceptors (Lipinski definition) is 2. The van der Waals surface area contributed by atoms with Crippen molar-refractivity contribution < 1.29 is 9.18 Å². The highest BCUT2D eigenvalue weighted by molar-refractivity contribution is 6.11. The van der Waals surface area contributed by atoms with Crippen molar-refractivity contribution in [2.24, 2.45) is 0 Å². The molecule has 0 bridgehead atoms. The zero-order valence-corrected chi connectivity index (χ0v) is 12.4. The molecule has 110 valence electrons. The minimum atomic E-state index is -0.382. The van der Waals surface area contributed by atoms with Gasteiger partial charge in [-0.15, -0.1) is 0 Å². The van der Waals surface area contributed by atoms with Gasteiger partial charge in [0.25, 0.3) is 5.91 Å². The lowest BCUT2D eigenvalue weighted by Crippen LogP contribution is -2.23. The first kappa shape index (κ1) is 14.2. The van der Waals surface area contributed by atoms with E-state index in [-0.39, 0.29) is 11.7 Å². The van der Waals surface area contributed by atoms with Crippen molar-refractivity contribution in [2.45, 2.75) is 0 Å². The Morgan fingerprint density at radius 1 is 1.09 bits per heavy atom. The molecule has 1 aromatic heterocycles. The fraction of sp³-hybridized carbons (Fsp3) is 0.111. The van der Waals surface area contributed by atoms with Gasteiger partial charge in [0.1, 0.15) is 5.82 Å². The van der Waals surface area contributed by atoms with Crippen LogP contribution < -0.4 is 0 Å². The standard InChI is InChI=1S/C18H15FN2O/c1-21(2)18(22)17-14-10-13(19)8-9-16(14)20-11-15(17)12-6-4-3-5-7-12/h3-11H,1-2H3. The van der Waals surface area contributed by atoms with E-state index in [1.165, 1.54) is 17.0 Å². The van der Waals surface area contributed by atoms with Gasteiger partial charge in [-0.25, -0.2) is 4.39 Å². The van der Waals surface area contributed by atoms with Crippen molar-refractivity contribution >= 4 is 16.8 Å². The normalized spacial score (nSPS) is 10.7. The van der Waals surface area contributed by atoms with Gasteiger partial charge in [-0.1, -0.05) is 30.3 Å². The van der Waals surface area contributed by atoms with Crippen molar-refractivity contribution in [1.29, 1.82) is 0 Å². The van der Waals surface area contributed by atoms with Gasteiger partial charge in [-0.3, -0.25) is 9.78 Å². The average molecular weight is 294 g/mol. The van der Waals surface area contributed by atoms with Gasteiger partial charge < -0.3 is 4.90 Å². The molecular formula is C18H15FN2O. The van der Waals surface area contributed by atoms with Crippen molar-refractivity contribution in [2.75, 3.05) is 14.1 Å². The van der Waals surface area contributed by atoms with Crippen molar-refractivity contribution in [1.82, 2.24) is 9.88 Å². The summed E-state index contributed by atoms with van der Waals surface area (Å²) in [4.78, 5) is 18.5. The summed E-state index contributed by atoms with van der Waals surface area (Å²) in [5.41, 5.74) is 2.66. The molecule has 3 rings (SSSR count). The Labute approximate surface area is 128 Å². The number of pyridine rings is 1. The number of carbonyl (C=O) groups is 1. The zero-order valence-electron chi connectivity index (χ0n) is 12.4. The fourth-order valence-corrected chi connectivity index (χ4v) is 2.46. The van der Waals surface area contributed by atoms with E-state index >= 15 is 0 Å². The molecule has 22 heavy (non-hydrogen) atoms. The van der Waals surface area contributed by atoms with E-state index < -0.39 is 0 Å². The van der Waals surface area contributed by atoms with E-state index in [2.05, 4.69) is 4.98 Å². The highest BCUT2D eigenvalue weighted by atomic mass is 19.1. The van der Waals surface area contributed by atoms with E-state index in [0.29, 0.717) is 22.0 Å². The average Bonchev–Trinajstić information content (AvgIpc) is 2.53. The molecule has 0 aliphatic heterocycles. The molecule has 3 aromatic rings. The second-order valence-corrected chi connectivity index (χ2v) is 5.27. The lowest BCUT2D eigenvalue weighted by Gasteiger charge is -2.16. The second kappa shape index (κ2) is 5.56. The Hall–Kier alpha value is -2.75. The van der Waals surface area contributed by atoms with Crippen LogP contribution in [0.2, 0.25) is 0 Å². The molecule has 1 heterocycles. The monoisotopic (exact) mass is 294 g/mol. The van der Waals surface area contributed by atoms with Crippen LogP contribution in [0, 0.1) is 5.82 Å². The molecule has 0 N–H and O–H groups in total. The molecule has 0 unspecified atom stereocenters. The van der Waals surface area contributed by atoms with Crippen LogP contribution >= 0.6 is 0 Å². The summed E-state index contributed by atoms with van der Waals surface area (Å²) in [5.74, 6) is -0.552. The third-order valence-electron chi connectivity index (χ3n) is 3.53. The lowest BCUT2D eigenvalue weighted by molar-refractivity contribution is 0.0830. The fourth-order valence-electron chi connectivity index (χ4n) is 2.46. The van der Waals surface area contributed by atoms with E-state index in [1.54, 1.807) is 26.4 Å². The van der Waals surface area contributed by atoms with Crippen molar-refractivity contribution in [3.8, 4) is 11.1 Å². The van der Waals surface area contributed by atoms with Gasteiger partial charge in [-0.05, 0) is 23.8 Å². The largest absolute Gasteiger partial charge is 0.345 e. The van der Waals surface area contributed by atoms with Crippen LogP contribution in [-0.2, 0) is 0 Å². The maximum absolute atomic E-state index is 13.7. The molecule has 0 aliphatic carbocycles. The number of amides is 1. The first-order chi connectivity index (χ1) is 10.6. The summed E-state index contributed by atoms with van der Waals surface area (Å²) in [7, 11) is 3.37. The Kier molecular flexibility index (Phi) is 3.59. The lowest BCUT2D eigenvalue weighted by atomic mass is 9.97. The van der Waals surface area contributed by atoms with Crippen molar-refractivity contribution in [3.63, 3.8) is 0 Å². The molecule has 0 fully saturated rings. The van der Waals surface area contributed by atoms with E-state index in [1.807, 2.05) is 30.3 Å². The van der Waals surface area contributed by atoms with Crippen LogP contribution in [-0.4, -0.2) is 29.9 Å². The van der Waals surface area contributed by atoms with Crippen LogP contribution in [0.15, 0.2) is 54.7 Å². The van der Waals surface area contributed by atoms with Gasteiger partial charge in [0.05, 0.1) is 11.1 Å². The maximum Gasteiger partial charge on any atom is 0.254 e. The number of rotatable bonds is 2. The molecule has 0 atom stereocenters. The van der Waals surface area contributed by atoms with Crippen LogP contribution in [0.25, 0.3) is 22.0 Å². The van der Waals surface area contributed by atoms with E-state index in [4.69, 9.17) is 0 Å². The Bertz CT molecular complexity index is 844. The Morgan fingerprint density at radius 2 is 1.82 bits per heavy atom. The predicted octanol–water partition coefficient (Wildman–Crippen LogP) is 3.74. The van der Waals surface area contributed by atoms with Gasteiger partial charge in [0.2, 0.25) is 0 Å². The van der Waals surface area contributed by atoms with Crippen LogP contribution in [0.4, 0.5) is 4.39 Å². The van der Waals surface area contributed by atoms with Gasteiger partial charge >= 0.3 is 0 Å². The van der Waals surface area contributed by atoms with Crippen LogP contribution in [0.3, 0.4) is 0 Å². The number of carbonyl (C=O) groups excluding carboxylic acids is 1. The summed E-state index contributed by atoms with van der Waals surface area (Å²) in [6.45, 7) is 0. The number of benzene rings is 2. The first-order valence-corrected chi connectivity index (χ1v) is 6.93. The highest BCUT2D eigenvalue weighted by Gasteiger charge is 2.19. The summed E-state index contributed by atoms with van der Waals surface area (Å²) in [5, 5.41) is 0.528. The second-order valence-electron chi connectivity index (χ2n) is 5.27. The Balaban J connectivity index is 2.37. The highest BCUT2D eigenvalue weighted by Crippen LogP contribution is 2.30. The van der Waals surface area contributed by atoms with Gasteiger partial charge in [0, 0.05) is 31.2 Å². The minimum absolute atomic E-state index is 0.170. The third kappa shape index (κ3) is 2.44. The molecule has 0 aliphatic rings. The molecule has 3 nitrogen and oxygen atoms in total. The molecule has 0 saturated carbocycles. The number of hydrogen-bond donors (Lipinski definition) is 0. The van der Waals surface area contributed by atoms with Crippen molar-refractivity contribution in [3.05, 3.63) is 66.1 Å². The topological polar surface area (TPSA) is 33.2 Å². The quantitative estimate of drug-likeness (QED) is 0.721. The zero-order chi connectivity index (χ0) is 15.7. The number of nitrogens with zero attached hydrogens (tertiary/aromatic N) is 2. The molecule has 4 heteroatoms. The number of aromatic nitrogens is 1. The molecule has 0 spiro atoms. The first-order valence-electron chi connectivity index (χ1n) is 6.93. The number of fused-ring (bicyclic) bond motifs is 1. The SMILES string of the molecule is CN(C)C(=O)c1c(-c2ccccc2)cnc2ccc(F)cc12. The smallest absolute Gasteiger partial charge is 0.254 e. The maximum atomic E-state index is 13.7. The van der Waals surface area contributed by atoms with Crippen LogP contribution in [0.1, 0.15) is 10.4 Å². The molecule has 1 amide bonds. The predicted molar refractivity (Wildman–Crippen MR) is 85.2 cm³/mol. The van der Waals surface area contributed by atoms with Crippen LogP contribution in [0.5, 0.6) is 0 Å². The summed E-state index contributed by atoms with van der Waals surface area (Å²) < 4.78 is 13.7. The third-order valence-corrected chi connectivity index (χ3v) is 3.53. The molecule has 2 aromatic carbocycles. The van der Waals surface area contributed by atoms with Gasteiger partial charge in [0.15, 0.2) is 0 Å². The Morgan fingerprint density at radius 3 is 2.50 bits per heavy atom. The molecular weight excluding hydrogens is 279 g/mol. The number of halogens is 1. The van der Waals surface area contributed by atoms with E-state index in [9.17, 15) is 9.18 Å². The van der Waals surface area contributed by atoms with Gasteiger partial charge in [-0.2, -0.15) is 0 Å². The summed E-state index contributed by atoms with van der Waals surface area (Å²) >= 11 is 0. The molecule has 0 radical (unpaired) electrons. The minimum Gasteiger partial charge on any atom is -0.345 e. The van der Waals surface area contributed by atoms with E-state index in [0.717, 1.165) is 5.56 Å². The summed E-state index contributed by atoms with van der Waals surface area (Å²) in [6.07, 6.45) is 1.67. The summed E-state index contributed by atoms with van der Waals surface area (Å²) in [6, 6.07) is 13.8.